The highest BCUT2D eigenvalue weighted by Crippen LogP contribution is 2.21. The maximum Gasteiger partial charge on any atom is 0.123 e. The molecule has 0 aliphatic rings. The van der Waals surface area contributed by atoms with Gasteiger partial charge in [0.25, 0.3) is 0 Å². The fourth-order valence-corrected chi connectivity index (χ4v) is 1.73. The molecule has 3 heteroatoms. The molecule has 1 aromatic rings. The summed E-state index contributed by atoms with van der Waals surface area (Å²) in [6.07, 6.45) is 2.72. The second-order valence-corrected chi connectivity index (χ2v) is 3.34. The molecule has 0 atom stereocenters. The van der Waals surface area contributed by atoms with Gasteiger partial charge in [0.2, 0.25) is 0 Å². The normalized spacial score (nSPS) is 10.2. The minimum Gasteiger partial charge on any atom is -0.330 e. The number of halogens is 1. The summed E-state index contributed by atoms with van der Waals surface area (Å²) in [5.41, 5.74) is 6.41. The van der Waals surface area contributed by atoms with Gasteiger partial charge in [-0.1, -0.05) is 0 Å². The summed E-state index contributed by atoms with van der Waals surface area (Å²) in [5, 5.41) is 0. The van der Waals surface area contributed by atoms with Gasteiger partial charge in [-0.25, -0.2) is 4.39 Å². The molecule has 66 valence electrons. The Morgan fingerprint density at radius 2 is 2.25 bits per heavy atom. The van der Waals surface area contributed by atoms with E-state index in [0.29, 0.717) is 6.54 Å². The van der Waals surface area contributed by atoms with Gasteiger partial charge in [0, 0.05) is 4.90 Å². The van der Waals surface area contributed by atoms with Crippen LogP contribution in [0.5, 0.6) is 0 Å². The molecule has 12 heavy (non-hydrogen) atoms. The second-order valence-electron chi connectivity index (χ2n) is 2.49. The zero-order valence-electron chi connectivity index (χ0n) is 7.01. The average Bonchev–Trinajstić information content (AvgIpc) is 2.05. The molecule has 0 unspecified atom stereocenters. The highest BCUT2D eigenvalue weighted by Gasteiger charge is 2.01. The van der Waals surface area contributed by atoms with Gasteiger partial charge in [-0.2, -0.15) is 0 Å². The summed E-state index contributed by atoms with van der Waals surface area (Å²) < 4.78 is 12.8. The predicted octanol–water partition coefficient (Wildman–Crippen LogP) is 2.05. The zero-order chi connectivity index (χ0) is 8.97. The molecule has 0 aliphatic heterocycles. The molecule has 0 amide bonds. The molecule has 0 radical (unpaired) electrons. The molecule has 1 rings (SSSR count). The van der Waals surface area contributed by atoms with E-state index in [9.17, 15) is 4.39 Å². The van der Waals surface area contributed by atoms with Crippen LogP contribution in [0.25, 0.3) is 0 Å². The first kappa shape index (κ1) is 9.55. The van der Waals surface area contributed by atoms with Gasteiger partial charge in [-0.05, 0) is 43.0 Å². The summed E-state index contributed by atoms with van der Waals surface area (Å²) in [7, 11) is 0. The first-order valence-electron chi connectivity index (χ1n) is 3.80. The van der Waals surface area contributed by atoms with Gasteiger partial charge in [0.1, 0.15) is 5.82 Å². The van der Waals surface area contributed by atoms with Crippen LogP contribution in [0.3, 0.4) is 0 Å². The van der Waals surface area contributed by atoms with E-state index in [1.54, 1.807) is 23.9 Å². The highest BCUT2D eigenvalue weighted by atomic mass is 32.2. The zero-order valence-corrected chi connectivity index (χ0v) is 7.83. The Balaban J connectivity index is 2.95. The van der Waals surface area contributed by atoms with Crippen molar-refractivity contribution in [2.75, 3.05) is 12.8 Å². The van der Waals surface area contributed by atoms with E-state index in [2.05, 4.69) is 0 Å². The largest absolute Gasteiger partial charge is 0.330 e. The average molecular weight is 185 g/mol. The van der Waals surface area contributed by atoms with E-state index in [1.165, 1.54) is 6.07 Å². The topological polar surface area (TPSA) is 26.0 Å². The van der Waals surface area contributed by atoms with E-state index >= 15 is 0 Å². The summed E-state index contributed by atoms with van der Waals surface area (Å²) in [6.45, 7) is 0.566. The quantitative estimate of drug-likeness (QED) is 0.729. The van der Waals surface area contributed by atoms with Crippen molar-refractivity contribution in [3.63, 3.8) is 0 Å². The maximum atomic E-state index is 12.8. The lowest BCUT2D eigenvalue weighted by molar-refractivity contribution is 0.623. The lowest BCUT2D eigenvalue weighted by Crippen LogP contribution is -2.03. The molecule has 0 aliphatic carbocycles. The highest BCUT2D eigenvalue weighted by molar-refractivity contribution is 7.98. The van der Waals surface area contributed by atoms with Gasteiger partial charge >= 0.3 is 0 Å². The fourth-order valence-electron chi connectivity index (χ4n) is 1.10. The van der Waals surface area contributed by atoms with Crippen LogP contribution in [0.15, 0.2) is 23.1 Å². The van der Waals surface area contributed by atoms with Crippen LogP contribution in [-0.2, 0) is 6.42 Å². The molecular weight excluding hydrogens is 173 g/mol. The molecule has 0 heterocycles. The van der Waals surface area contributed by atoms with Crippen molar-refractivity contribution >= 4 is 11.8 Å². The monoisotopic (exact) mass is 185 g/mol. The van der Waals surface area contributed by atoms with Crippen molar-refractivity contribution in [3.8, 4) is 0 Å². The van der Waals surface area contributed by atoms with Crippen molar-refractivity contribution in [3.05, 3.63) is 29.6 Å². The van der Waals surface area contributed by atoms with Crippen LogP contribution in [0, 0.1) is 5.82 Å². The predicted molar refractivity (Wildman–Crippen MR) is 50.9 cm³/mol. The van der Waals surface area contributed by atoms with E-state index in [-0.39, 0.29) is 5.82 Å². The Kier molecular flexibility index (Phi) is 3.56. The number of rotatable bonds is 3. The number of nitrogens with two attached hydrogens (primary N) is 1. The van der Waals surface area contributed by atoms with Crippen molar-refractivity contribution in [1.29, 1.82) is 0 Å². The number of thioether (sulfide) groups is 1. The van der Waals surface area contributed by atoms with Crippen molar-refractivity contribution in [1.82, 2.24) is 0 Å². The molecule has 0 fully saturated rings. The van der Waals surface area contributed by atoms with Crippen molar-refractivity contribution < 1.29 is 4.39 Å². The van der Waals surface area contributed by atoms with E-state index in [0.717, 1.165) is 16.9 Å². The smallest absolute Gasteiger partial charge is 0.123 e. The van der Waals surface area contributed by atoms with Crippen LogP contribution in [0.2, 0.25) is 0 Å². The third kappa shape index (κ3) is 2.22. The Morgan fingerprint density at radius 3 is 2.83 bits per heavy atom. The van der Waals surface area contributed by atoms with E-state index in [4.69, 9.17) is 5.73 Å². The van der Waals surface area contributed by atoms with Gasteiger partial charge in [-0.3, -0.25) is 0 Å². The van der Waals surface area contributed by atoms with Gasteiger partial charge < -0.3 is 5.73 Å². The number of hydrogen-bond donors (Lipinski definition) is 1. The van der Waals surface area contributed by atoms with Crippen LogP contribution in [0.4, 0.5) is 4.39 Å². The summed E-state index contributed by atoms with van der Waals surface area (Å²) in [5.74, 6) is -0.184. The molecule has 0 aromatic heterocycles. The summed E-state index contributed by atoms with van der Waals surface area (Å²) in [4.78, 5) is 1.11. The Labute approximate surface area is 76.2 Å². The second kappa shape index (κ2) is 4.48. The van der Waals surface area contributed by atoms with Crippen LogP contribution in [0.1, 0.15) is 5.56 Å². The van der Waals surface area contributed by atoms with Crippen molar-refractivity contribution in [2.45, 2.75) is 11.3 Å². The van der Waals surface area contributed by atoms with Crippen LogP contribution >= 0.6 is 11.8 Å². The molecule has 1 nitrogen and oxygen atoms in total. The van der Waals surface area contributed by atoms with Crippen LogP contribution in [-0.4, -0.2) is 12.8 Å². The summed E-state index contributed by atoms with van der Waals surface area (Å²) >= 11 is 1.62. The lowest BCUT2D eigenvalue weighted by Gasteiger charge is -2.05. The van der Waals surface area contributed by atoms with E-state index in [1.807, 2.05) is 6.26 Å². The third-order valence-corrected chi connectivity index (χ3v) is 2.49. The lowest BCUT2D eigenvalue weighted by atomic mass is 10.1. The Morgan fingerprint density at radius 1 is 1.50 bits per heavy atom. The number of benzene rings is 1. The van der Waals surface area contributed by atoms with Crippen molar-refractivity contribution in [2.24, 2.45) is 5.73 Å². The van der Waals surface area contributed by atoms with Gasteiger partial charge in [-0.15, -0.1) is 11.8 Å². The molecule has 0 spiro atoms. The molecule has 0 bridgehead atoms. The minimum atomic E-state index is -0.184. The molecule has 0 saturated heterocycles. The maximum absolute atomic E-state index is 12.8. The van der Waals surface area contributed by atoms with Gasteiger partial charge in [0.05, 0.1) is 0 Å². The molecule has 1 aromatic carbocycles. The standard InChI is InChI=1S/C9H12FNS/c1-12-9-3-2-8(10)6-7(9)4-5-11/h2-3,6H,4-5,11H2,1H3. The third-order valence-electron chi connectivity index (χ3n) is 1.66. The summed E-state index contributed by atoms with van der Waals surface area (Å²) in [6, 6.07) is 4.83. The first-order chi connectivity index (χ1) is 5.77. The Bertz CT molecular complexity index is 263. The molecule has 2 N–H and O–H groups in total. The fraction of sp³-hybridized carbons (Fsp3) is 0.333. The van der Waals surface area contributed by atoms with E-state index < -0.39 is 0 Å². The number of hydrogen-bond acceptors (Lipinski definition) is 2. The van der Waals surface area contributed by atoms with Gasteiger partial charge in [0.15, 0.2) is 0 Å². The Hall–Kier alpha value is -0.540. The van der Waals surface area contributed by atoms with Crippen LogP contribution < -0.4 is 5.73 Å². The molecule has 0 saturated carbocycles. The minimum absolute atomic E-state index is 0.184. The molecular formula is C9H12FNS. The SMILES string of the molecule is CSc1ccc(F)cc1CCN. The first-order valence-corrected chi connectivity index (χ1v) is 5.03.